The molecule has 20 heavy (non-hydrogen) atoms. The fourth-order valence-corrected chi connectivity index (χ4v) is 0.738. The molecular weight excluding hydrogens is 260 g/mol. The summed E-state index contributed by atoms with van der Waals surface area (Å²) in [6, 6.07) is 10.3. The lowest BCUT2D eigenvalue weighted by molar-refractivity contribution is -0.140. The molecule has 0 fully saturated rings. The third-order valence-corrected chi connectivity index (χ3v) is 1.29. The predicted octanol–water partition coefficient (Wildman–Crippen LogP) is 2.65. The van der Waals surface area contributed by atoms with Crippen LogP contribution in [0.25, 0.3) is 0 Å². The number of esters is 1. The second kappa shape index (κ2) is 19.5. The maximum Gasteiger partial charge on any atom is 0.302 e. The van der Waals surface area contributed by atoms with Gasteiger partial charge in [0.05, 0.1) is 6.61 Å². The second-order valence-electron chi connectivity index (χ2n) is 3.78. The first-order valence-corrected chi connectivity index (χ1v) is 6.22. The molecule has 1 aromatic rings. The van der Waals surface area contributed by atoms with Crippen LogP contribution >= 0.6 is 0 Å². The van der Waals surface area contributed by atoms with Crippen molar-refractivity contribution < 1.29 is 24.5 Å². The zero-order valence-corrected chi connectivity index (χ0v) is 12.9. The molecule has 2 N–H and O–H groups in total. The zero-order chi connectivity index (χ0) is 16.4. The number of carbonyl (C=O) groups excluding carboxylic acids is 1. The van der Waals surface area contributed by atoms with Gasteiger partial charge in [-0.05, 0) is 27.7 Å². The Morgan fingerprint density at radius 2 is 1.65 bits per heavy atom. The Hall–Kier alpha value is -1.88. The van der Waals surface area contributed by atoms with E-state index in [0.717, 1.165) is 0 Å². The third kappa shape index (κ3) is 44.3. The molecule has 0 radical (unpaired) electrons. The summed E-state index contributed by atoms with van der Waals surface area (Å²) in [5.74, 6) is -0.211. The van der Waals surface area contributed by atoms with Crippen molar-refractivity contribution in [2.75, 3.05) is 6.61 Å². The number of carbonyl (C=O) groups is 2. The van der Waals surface area contributed by atoms with Crippen molar-refractivity contribution in [3.63, 3.8) is 0 Å². The lowest BCUT2D eigenvalue weighted by Gasteiger charge is -1.89. The third-order valence-electron chi connectivity index (χ3n) is 1.29. The lowest BCUT2D eigenvalue weighted by Crippen LogP contribution is -1.95. The average Bonchev–Trinajstić information content (AvgIpc) is 2.30. The number of ether oxygens (including phenoxy) is 1. The van der Waals surface area contributed by atoms with Crippen LogP contribution in [0.4, 0.5) is 0 Å². The number of hydrogen-bond acceptors (Lipinski definition) is 4. The van der Waals surface area contributed by atoms with Gasteiger partial charge in [-0.25, -0.2) is 0 Å². The number of benzene rings is 1. The molecule has 0 atom stereocenters. The Labute approximate surface area is 121 Å². The first-order valence-electron chi connectivity index (χ1n) is 6.22. The molecule has 0 heterocycles. The minimum absolute atomic E-state index is 0.167. The molecule has 0 saturated carbocycles. The summed E-state index contributed by atoms with van der Waals surface area (Å²) in [5.41, 5.74) is 1.32. The molecule has 5 nitrogen and oxygen atoms in total. The molecular formula is C15H26O5. The monoisotopic (exact) mass is 286 g/mol. The van der Waals surface area contributed by atoms with Crippen molar-refractivity contribution >= 4 is 12.4 Å². The lowest BCUT2D eigenvalue weighted by atomic mass is 10.2. The van der Waals surface area contributed by atoms with Crippen molar-refractivity contribution in [3.8, 4) is 0 Å². The number of aliphatic hydroxyl groups excluding tert-OH is 1. The second-order valence-corrected chi connectivity index (χ2v) is 3.78. The van der Waals surface area contributed by atoms with E-state index < -0.39 is 0 Å². The van der Waals surface area contributed by atoms with E-state index in [1.54, 1.807) is 20.8 Å². The van der Waals surface area contributed by atoms with Gasteiger partial charge in [0.1, 0.15) is 0 Å². The summed E-state index contributed by atoms with van der Waals surface area (Å²) in [5, 5.41) is 14.9. The maximum absolute atomic E-state index is 9.82. The van der Waals surface area contributed by atoms with Crippen LogP contribution in [0.3, 0.4) is 0 Å². The van der Waals surface area contributed by atoms with Crippen molar-refractivity contribution in [2.24, 2.45) is 0 Å². The summed E-state index contributed by atoms with van der Waals surface area (Å²) >= 11 is 0. The molecule has 0 unspecified atom stereocenters. The van der Waals surface area contributed by atoms with E-state index in [-0.39, 0.29) is 18.5 Å². The largest absolute Gasteiger partial charge is 0.483 e. The molecule has 1 rings (SSSR count). The first-order chi connectivity index (χ1) is 9.31. The van der Waals surface area contributed by atoms with Crippen LogP contribution in [0, 0.1) is 6.92 Å². The van der Waals surface area contributed by atoms with Crippen LogP contribution in [-0.2, 0) is 14.3 Å². The highest BCUT2D eigenvalue weighted by Crippen LogP contribution is 1.92. The first kappa shape index (κ1) is 23.2. The molecule has 0 bridgehead atoms. The molecule has 0 spiro atoms. The van der Waals surface area contributed by atoms with Gasteiger partial charge in [0, 0.05) is 13.0 Å². The summed E-state index contributed by atoms with van der Waals surface area (Å²) in [4.78, 5) is 18.2. The topological polar surface area (TPSA) is 83.8 Å². The molecule has 0 aliphatic carbocycles. The van der Waals surface area contributed by atoms with Gasteiger partial charge in [-0.1, -0.05) is 35.9 Å². The molecule has 0 aliphatic heterocycles. The molecule has 1 aromatic carbocycles. The van der Waals surface area contributed by atoms with Gasteiger partial charge in [0.2, 0.25) is 0 Å². The van der Waals surface area contributed by atoms with E-state index in [2.05, 4.69) is 23.8 Å². The van der Waals surface area contributed by atoms with Crippen molar-refractivity contribution in [1.29, 1.82) is 0 Å². The van der Waals surface area contributed by atoms with Crippen molar-refractivity contribution in [3.05, 3.63) is 35.9 Å². The van der Waals surface area contributed by atoms with Gasteiger partial charge < -0.3 is 14.9 Å². The summed E-state index contributed by atoms with van der Waals surface area (Å²) in [7, 11) is 0. The zero-order valence-electron chi connectivity index (χ0n) is 12.9. The summed E-state index contributed by atoms with van der Waals surface area (Å²) in [6.45, 7) is 8.93. The van der Waals surface area contributed by atoms with E-state index in [0.29, 0.717) is 6.61 Å². The van der Waals surface area contributed by atoms with Gasteiger partial charge in [0.25, 0.3) is 6.47 Å². The van der Waals surface area contributed by atoms with Crippen LogP contribution < -0.4 is 0 Å². The minimum atomic E-state index is -0.250. The standard InChI is InChI=1S/C7H8.C4H8O2.C3H8O.CH2O2/c1-7-5-3-2-4-6-7;1-3-6-4(2)5;1-3(2)4;2-1-3/h2-6H,1H3;3H2,1-2H3;3-4H,1-2H3;1H,(H,2,3). The Kier molecular flexibility index (Phi) is 22.6. The highest BCUT2D eigenvalue weighted by Gasteiger charge is 1.81. The number of hydrogen-bond donors (Lipinski definition) is 2. The number of carboxylic acid groups (broad SMARTS) is 1. The Morgan fingerprint density at radius 3 is 1.75 bits per heavy atom. The summed E-state index contributed by atoms with van der Waals surface area (Å²) in [6.07, 6.45) is -0.167. The van der Waals surface area contributed by atoms with Crippen LogP contribution in [-0.4, -0.2) is 35.4 Å². The number of rotatable bonds is 1. The smallest absolute Gasteiger partial charge is 0.302 e. The van der Waals surface area contributed by atoms with Crippen molar-refractivity contribution in [2.45, 2.75) is 40.7 Å². The summed E-state index contributed by atoms with van der Waals surface area (Å²) < 4.78 is 4.40. The SMILES string of the molecule is CC(C)O.CCOC(C)=O.Cc1ccccc1.O=CO. The molecule has 0 aromatic heterocycles. The van der Waals surface area contributed by atoms with Crippen LogP contribution in [0.2, 0.25) is 0 Å². The fourth-order valence-electron chi connectivity index (χ4n) is 0.738. The van der Waals surface area contributed by atoms with E-state index in [9.17, 15) is 4.79 Å². The Bertz CT molecular complexity index is 307. The maximum atomic E-state index is 9.82. The van der Waals surface area contributed by atoms with E-state index in [4.69, 9.17) is 15.0 Å². The molecule has 0 saturated heterocycles. The minimum Gasteiger partial charge on any atom is -0.483 e. The number of aliphatic hydroxyl groups is 1. The highest BCUT2D eigenvalue weighted by atomic mass is 16.5. The fraction of sp³-hybridized carbons (Fsp3) is 0.467. The van der Waals surface area contributed by atoms with E-state index in [1.165, 1.54) is 12.5 Å². The molecule has 0 aliphatic rings. The van der Waals surface area contributed by atoms with Gasteiger partial charge >= 0.3 is 5.97 Å². The van der Waals surface area contributed by atoms with Gasteiger partial charge in [-0.15, -0.1) is 0 Å². The van der Waals surface area contributed by atoms with Crippen molar-refractivity contribution in [1.82, 2.24) is 0 Å². The Balaban J connectivity index is -0.000000204. The van der Waals surface area contributed by atoms with Gasteiger partial charge in [0.15, 0.2) is 0 Å². The van der Waals surface area contributed by atoms with E-state index in [1.807, 2.05) is 18.2 Å². The highest BCUT2D eigenvalue weighted by molar-refractivity contribution is 5.65. The quantitative estimate of drug-likeness (QED) is 0.612. The van der Waals surface area contributed by atoms with Crippen LogP contribution in [0.5, 0.6) is 0 Å². The van der Waals surface area contributed by atoms with Gasteiger partial charge in [-0.3, -0.25) is 9.59 Å². The molecule has 116 valence electrons. The molecule has 0 amide bonds. The van der Waals surface area contributed by atoms with Crippen LogP contribution in [0.1, 0.15) is 33.3 Å². The molecule has 5 heteroatoms. The van der Waals surface area contributed by atoms with E-state index >= 15 is 0 Å². The average molecular weight is 286 g/mol. The van der Waals surface area contributed by atoms with Gasteiger partial charge in [-0.2, -0.15) is 0 Å². The normalized spacial score (nSPS) is 7.75. The number of aryl methyl sites for hydroxylation is 1. The van der Waals surface area contributed by atoms with Crippen LogP contribution in [0.15, 0.2) is 30.3 Å². The predicted molar refractivity (Wildman–Crippen MR) is 79.5 cm³/mol. The Morgan fingerprint density at radius 1 is 1.30 bits per heavy atom.